The van der Waals surface area contributed by atoms with Crippen LogP contribution in [0.15, 0.2) is 24.4 Å². The van der Waals surface area contributed by atoms with E-state index in [-0.39, 0.29) is 24.0 Å². The Bertz CT molecular complexity index is 597. The third-order valence-electron chi connectivity index (χ3n) is 5.09. The molecule has 2 aliphatic rings. The minimum absolute atomic E-state index is 0.0225. The Labute approximate surface area is 149 Å². The van der Waals surface area contributed by atoms with E-state index in [2.05, 4.69) is 10.3 Å². The quantitative estimate of drug-likeness (QED) is 0.893. The molecule has 1 N–H and O–H groups in total. The summed E-state index contributed by atoms with van der Waals surface area (Å²) in [5.74, 6) is 0.0225. The van der Waals surface area contributed by atoms with Crippen molar-refractivity contribution in [2.75, 3.05) is 13.1 Å². The number of nitrogens with zero attached hydrogens (tertiary/aromatic N) is 3. The van der Waals surface area contributed by atoms with Crippen molar-refractivity contribution in [3.05, 3.63) is 30.1 Å². The second kappa shape index (κ2) is 7.85. The number of carbonyl (C=O) groups excluding carboxylic acids is 2. The monoisotopic (exact) mass is 344 g/mol. The Morgan fingerprint density at radius 3 is 2.52 bits per heavy atom. The zero-order valence-electron chi connectivity index (χ0n) is 15.1. The molecule has 2 fully saturated rings. The van der Waals surface area contributed by atoms with Crippen LogP contribution in [0.4, 0.5) is 4.79 Å². The standard InChI is InChI=1S/C19H28N4O2/c1-14(18(24)22-12-6-3-7-13-22)21-19(25)23(16-9-10-16)15(2)17-8-4-5-11-20-17/h4-5,8,11,14-16H,3,6-7,9-10,12-13H2,1-2H3,(H,21,25)/t14-,15?/m0/s1. The molecule has 6 nitrogen and oxygen atoms in total. The van der Waals surface area contributed by atoms with E-state index >= 15 is 0 Å². The van der Waals surface area contributed by atoms with E-state index in [1.165, 1.54) is 6.42 Å². The molecule has 0 radical (unpaired) electrons. The summed E-state index contributed by atoms with van der Waals surface area (Å²) in [5, 5.41) is 2.92. The Morgan fingerprint density at radius 2 is 1.92 bits per heavy atom. The first kappa shape index (κ1) is 17.7. The van der Waals surface area contributed by atoms with Gasteiger partial charge in [0, 0.05) is 25.3 Å². The summed E-state index contributed by atoms with van der Waals surface area (Å²) in [5.41, 5.74) is 0.875. The number of amides is 3. The summed E-state index contributed by atoms with van der Waals surface area (Å²) in [6.45, 7) is 5.38. The Balaban J connectivity index is 1.63. The van der Waals surface area contributed by atoms with Crippen molar-refractivity contribution >= 4 is 11.9 Å². The van der Waals surface area contributed by atoms with Crippen molar-refractivity contribution in [2.45, 2.75) is 64.1 Å². The van der Waals surface area contributed by atoms with Crippen LogP contribution in [0.5, 0.6) is 0 Å². The number of hydrogen-bond donors (Lipinski definition) is 1. The van der Waals surface area contributed by atoms with Gasteiger partial charge in [-0.05, 0) is 58.1 Å². The molecule has 0 spiro atoms. The smallest absolute Gasteiger partial charge is 0.318 e. The number of piperidine rings is 1. The normalized spacial score (nSPS) is 19.8. The second-order valence-corrected chi connectivity index (χ2v) is 7.13. The van der Waals surface area contributed by atoms with Crippen molar-refractivity contribution in [1.82, 2.24) is 20.1 Å². The fraction of sp³-hybridized carbons (Fsp3) is 0.632. The summed E-state index contributed by atoms with van der Waals surface area (Å²) in [7, 11) is 0. The van der Waals surface area contributed by atoms with Crippen LogP contribution in [0, 0.1) is 0 Å². The van der Waals surface area contributed by atoms with Gasteiger partial charge in [0.05, 0.1) is 11.7 Å². The van der Waals surface area contributed by atoms with Gasteiger partial charge in [-0.3, -0.25) is 9.78 Å². The molecule has 1 aliphatic heterocycles. The summed E-state index contributed by atoms with van der Waals surface area (Å²) in [6, 6.07) is 5.22. The number of urea groups is 1. The van der Waals surface area contributed by atoms with Crippen molar-refractivity contribution in [1.29, 1.82) is 0 Å². The molecule has 6 heteroatoms. The lowest BCUT2D eigenvalue weighted by atomic mass is 10.1. The predicted octanol–water partition coefficient (Wildman–Crippen LogP) is 2.72. The second-order valence-electron chi connectivity index (χ2n) is 7.13. The van der Waals surface area contributed by atoms with E-state index in [4.69, 9.17) is 0 Å². The highest BCUT2D eigenvalue weighted by Gasteiger charge is 2.38. The maximum atomic E-state index is 12.9. The summed E-state index contributed by atoms with van der Waals surface area (Å²) < 4.78 is 0. The molecule has 0 bridgehead atoms. The Hall–Kier alpha value is -2.11. The van der Waals surface area contributed by atoms with Crippen LogP contribution in [0.1, 0.15) is 57.7 Å². The molecule has 2 heterocycles. The van der Waals surface area contributed by atoms with Gasteiger partial charge in [-0.25, -0.2) is 4.79 Å². The topological polar surface area (TPSA) is 65.5 Å². The van der Waals surface area contributed by atoms with E-state index in [1.54, 1.807) is 13.1 Å². The van der Waals surface area contributed by atoms with Gasteiger partial charge in [0.25, 0.3) is 0 Å². The maximum absolute atomic E-state index is 12.9. The van der Waals surface area contributed by atoms with Crippen LogP contribution in [0.3, 0.4) is 0 Å². The van der Waals surface area contributed by atoms with Crippen LogP contribution >= 0.6 is 0 Å². The zero-order chi connectivity index (χ0) is 17.8. The molecule has 1 aromatic rings. The highest BCUT2D eigenvalue weighted by atomic mass is 16.2. The fourth-order valence-corrected chi connectivity index (χ4v) is 3.49. The van der Waals surface area contributed by atoms with Crippen LogP contribution in [-0.2, 0) is 4.79 Å². The van der Waals surface area contributed by atoms with Gasteiger partial charge in [0.15, 0.2) is 0 Å². The van der Waals surface area contributed by atoms with Crippen LogP contribution in [0.2, 0.25) is 0 Å². The number of aromatic nitrogens is 1. The fourth-order valence-electron chi connectivity index (χ4n) is 3.49. The van der Waals surface area contributed by atoms with Crippen LogP contribution < -0.4 is 5.32 Å². The zero-order valence-corrected chi connectivity index (χ0v) is 15.1. The highest BCUT2D eigenvalue weighted by molar-refractivity contribution is 5.87. The van der Waals surface area contributed by atoms with Crippen molar-refractivity contribution < 1.29 is 9.59 Å². The van der Waals surface area contributed by atoms with Gasteiger partial charge in [0.1, 0.15) is 6.04 Å². The molecule has 3 rings (SSSR count). The van der Waals surface area contributed by atoms with Gasteiger partial charge in [-0.1, -0.05) is 6.07 Å². The molecular formula is C19H28N4O2. The first-order valence-corrected chi connectivity index (χ1v) is 9.36. The van der Waals surface area contributed by atoms with Gasteiger partial charge >= 0.3 is 6.03 Å². The third kappa shape index (κ3) is 4.30. The van der Waals surface area contributed by atoms with Gasteiger partial charge in [-0.15, -0.1) is 0 Å². The molecular weight excluding hydrogens is 316 g/mol. The lowest BCUT2D eigenvalue weighted by Crippen LogP contribution is -2.52. The predicted molar refractivity (Wildman–Crippen MR) is 95.9 cm³/mol. The first-order valence-electron chi connectivity index (χ1n) is 9.36. The van der Waals surface area contributed by atoms with Crippen molar-refractivity contribution in [3.63, 3.8) is 0 Å². The number of nitrogens with one attached hydrogen (secondary N) is 1. The van der Waals surface area contributed by atoms with Crippen LogP contribution in [0.25, 0.3) is 0 Å². The number of carbonyl (C=O) groups is 2. The van der Waals surface area contributed by atoms with Gasteiger partial charge in [-0.2, -0.15) is 0 Å². The van der Waals surface area contributed by atoms with E-state index < -0.39 is 6.04 Å². The Morgan fingerprint density at radius 1 is 1.20 bits per heavy atom. The van der Waals surface area contributed by atoms with Gasteiger partial charge < -0.3 is 15.1 Å². The highest BCUT2D eigenvalue weighted by Crippen LogP contribution is 2.33. The van der Waals surface area contributed by atoms with E-state index in [9.17, 15) is 9.59 Å². The van der Waals surface area contributed by atoms with Gasteiger partial charge in [0.2, 0.25) is 5.91 Å². The van der Waals surface area contributed by atoms with E-state index in [0.29, 0.717) is 0 Å². The average molecular weight is 344 g/mol. The number of pyridine rings is 1. The lowest BCUT2D eigenvalue weighted by molar-refractivity contribution is -0.133. The molecule has 1 saturated carbocycles. The molecule has 1 aliphatic carbocycles. The maximum Gasteiger partial charge on any atom is 0.318 e. The molecule has 136 valence electrons. The number of hydrogen-bond acceptors (Lipinski definition) is 3. The average Bonchev–Trinajstić information content (AvgIpc) is 3.47. The molecule has 3 amide bonds. The minimum atomic E-state index is -0.497. The molecule has 1 aromatic heterocycles. The van der Waals surface area contributed by atoms with Crippen molar-refractivity contribution in [2.24, 2.45) is 0 Å². The lowest BCUT2D eigenvalue weighted by Gasteiger charge is -2.33. The molecule has 2 atom stereocenters. The molecule has 25 heavy (non-hydrogen) atoms. The Kier molecular flexibility index (Phi) is 5.56. The summed E-state index contributed by atoms with van der Waals surface area (Å²) in [6.07, 6.45) is 7.06. The van der Waals surface area contributed by atoms with Crippen molar-refractivity contribution in [3.8, 4) is 0 Å². The summed E-state index contributed by atoms with van der Waals surface area (Å²) >= 11 is 0. The molecule has 1 unspecified atom stereocenters. The van der Waals surface area contributed by atoms with E-state index in [1.807, 2.05) is 34.9 Å². The van der Waals surface area contributed by atoms with E-state index in [0.717, 1.165) is 44.5 Å². The van der Waals surface area contributed by atoms with Crippen LogP contribution in [-0.4, -0.2) is 51.9 Å². The number of likely N-dealkylation sites (tertiary alicyclic amines) is 1. The minimum Gasteiger partial charge on any atom is -0.341 e. The third-order valence-corrected chi connectivity index (χ3v) is 5.09. The first-order chi connectivity index (χ1) is 12.1. The number of rotatable bonds is 5. The summed E-state index contributed by atoms with van der Waals surface area (Å²) in [4.78, 5) is 33.5. The molecule has 0 aromatic carbocycles. The SMILES string of the molecule is CC(c1ccccn1)N(C(=O)N[C@@H](C)C(=O)N1CCCCC1)C1CC1. The molecule has 1 saturated heterocycles. The largest absolute Gasteiger partial charge is 0.341 e.